The Kier molecular flexibility index (Phi) is 5.65. The molecular weight excluding hydrogens is 397 g/mol. The van der Waals surface area contributed by atoms with E-state index in [2.05, 4.69) is 0 Å². The first-order valence-corrected chi connectivity index (χ1v) is 10.9. The van der Waals surface area contributed by atoms with Gasteiger partial charge in [-0.05, 0) is 36.8 Å². The molecule has 26 heavy (non-hydrogen) atoms. The van der Waals surface area contributed by atoms with E-state index in [4.69, 9.17) is 27.6 Å². The van der Waals surface area contributed by atoms with Crippen molar-refractivity contribution in [2.75, 3.05) is 11.5 Å². The van der Waals surface area contributed by atoms with Crippen LogP contribution < -0.4 is 0 Å². The summed E-state index contributed by atoms with van der Waals surface area (Å²) in [7, 11) is -3.08. The molecule has 1 unspecified atom stereocenters. The Balaban J connectivity index is 1.83. The smallest absolute Gasteiger partial charge is 0.222 e. The fraction of sp³-hybridized carbons (Fsp3) is 0.389. The second kappa shape index (κ2) is 7.62. The second-order valence-electron chi connectivity index (χ2n) is 6.32. The van der Waals surface area contributed by atoms with Crippen LogP contribution in [0.5, 0.6) is 0 Å². The van der Waals surface area contributed by atoms with Crippen molar-refractivity contribution in [3.8, 4) is 11.3 Å². The van der Waals surface area contributed by atoms with Gasteiger partial charge in [0.1, 0.15) is 11.5 Å². The van der Waals surface area contributed by atoms with Gasteiger partial charge in [-0.3, -0.25) is 4.79 Å². The third-order valence-electron chi connectivity index (χ3n) is 4.45. The Morgan fingerprint density at radius 2 is 2.04 bits per heavy atom. The topological polar surface area (TPSA) is 67.6 Å². The van der Waals surface area contributed by atoms with Crippen molar-refractivity contribution in [3.05, 3.63) is 46.1 Å². The Hall–Kier alpha value is -1.50. The van der Waals surface area contributed by atoms with Gasteiger partial charge in [-0.15, -0.1) is 0 Å². The van der Waals surface area contributed by atoms with Crippen LogP contribution in [-0.2, 0) is 21.2 Å². The van der Waals surface area contributed by atoms with Crippen molar-refractivity contribution in [2.45, 2.75) is 32.4 Å². The summed E-state index contributed by atoms with van der Waals surface area (Å²) in [6, 6.07) is 8.33. The van der Waals surface area contributed by atoms with Crippen molar-refractivity contribution in [3.63, 3.8) is 0 Å². The number of hydrogen-bond acceptors (Lipinski definition) is 4. The van der Waals surface area contributed by atoms with E-state index >= 15 is 0 Å². The normalized spacial score (nSPS) is 18.8. The van der Waals surface area contributed by atoms with Crippen LogP contribution >= 0.6 is 23.2 Å². The lowest BCUT2D eigenvalue weighted by Crippen LogP contribution is -2.40. The van der Waals surface area contributed by atoms with E-state index < -0.39 is 9.84 Å². The lowest BCUT2D eigenvalue weighted by atomic mass is 10.2. The minimum absolute atomic E-state index is 0.00638. The third-order valence-corrected chi connectivity index (χ3v) is 6.77. The van der Waals surface area contributed by atoms with E-state index in [9.17, 15) is 13.2 Å². The molecule has 0 saturated carbocycles. The summed E-state index contributed by atoms with van der Waals surface area (Å²) in [5, 5.41) is 1.06. The molecule has 1 aromatic carbocycles. The molecule has 8 heteroatoms. The molecule has 3 rings (SSSR count). The number of hydrogen-bond donors (Lipinski definition) is 0. The predicted molar refractivity (Wildman–Crippen MR) is 102 cm³/mol. The maximum Gasteiger partial charge on any atom is 0.222 e. The van der Waals surface area contributed by atoms with E-state index in [-0.39, 0.29) is 30.0 Å². The van der Waals surface area contributed by atoms with Crippen LogP contribution in [0.1, 0.15) is 25.5 Å². The molecule has 1 amide bonds. The lowest BCUT2D eigenvalue weighted by Gasteiger charge is -2.27. The van der Waals surface area contributed by atoms with Gasteiger partial charge in [0.2, 0.25) is 5.91 Å². The van der Waals surface area contributed by atoms with Gasteiger partial charge in [0.25, 0.3) is 0 Å². The molecular formula is C18H19Cl2NO4S. The zero-order valence-corrected chi connectivity index (χ0v) is 16.6. The molecule has 0 N–H and O–H groups in total. The number of amides is 1. The first-order valence-electron chi connectivity index (χ1n) is 8.33. The molecule has 1 saturated heterocycles. The van der Waals surface area contributed by atoms with E-state index in [1.165, 1.54) is 0 Å². The van der Waals surface area contributed by atoms with Crippen molar-refractivity contribution in [1.29, 1.82) is 0 Å². The van der Waals surface area contributed by atoms with Gasteiger partial charge in [0.15, 0.2) is 9.84 Å². The maximum atomic E-state index is 12.3. The van der Waals surface area contributed by atoms with E-state index in [0.717, 1.165) is 0 Å². The molecule has 0 aliphatic carbocycles. The van der Waals surface area contributed by atoms with Gasteiger partial charge in [-0.1, -0.05) is 30.1 Å². The van der Waals surface area contributed by atoms with Gasteiger partial charge in [-0.25, -0.2) is 8.42 Å². The van der Waals surface area contributed by atoms with Crippen molar-refractivity contribution in [2.24, 2.45) is 0 Å². The van der Waals surface area contributed by atoms with Crippen molar-refractivity contribution < 1.29 is 17.6 Å². The second-order valence-corrected chi connectivity index (χ2v) is 9.39. The fourth-order valence-electron chi connectivity index (χ4n) is 3.11. The fourth-order valence-corrected chi connectivity index (χ4v) is 5.22. The minimum atomic E-state index is -3.08. The van der Waals surface area contributed by atoms with Crippen LogP contribution in [0, 0.1) is 0 Å². The number of carbonyl (C=O) groups excluding carboxylic acids is 1. The molecule has 5 nitrogen and oxygen atoms in total. The number of halogens is 2. The summed E-state index contributed by atoms with van der Waals surface area (Å²) in [5.74, 6) is 1.16. The molecule has 1 atom stereocenters. The molecule has 1 fully saturated rings. The van der Waals surface area contributed by atoms with Crippen LogP contribution in [0.3, 0.4) is 0 Å². The van der Waals surface area contributed by atoms with Crippen LogP contribution in [0.4, 0.5) is 0 Å². The van der Waals surface area contributed by atoms with Crippen molar-refractivity contribution in [1.82, 2.24) is 4.90 Å². The number of rotatable bonds is 5. The molecule has 2 heterocycles. The molecule has 0 radical (unpaired) electrons. The zero-order valence-electron chi connectivity index (χ0n) is 14.2. The predicted octanol–water partition coefficient (Wildman–Crippen LogP) is 4.18. The monoisotopic (exact) mass is 415 g/mol. The van der Waals surface area contributed by atoms with Gasteiger partial charge in [0.05, 0.1) is 23.1 Å². The number of sulfone groups is 1. The molecule has 140 valence electrons. The summed E-state index contributed by atoms with van der Waals surface area (Å²) >= 11 is 12.2. The SMILES string of the molecule is CCC(=O)N(Cc1ccc(-c2cc(Cl)ccc2Cl)o1)C1CCS(=O)(=O)C1. The number of carbonyl (C=O) groups is 1. The number of furan rings is 1. The van der Waals surface area contributed by atoms with Crippen LogP contribution in [0.25, 0.3) is 11.3 Å². The molecule has 0 spiro atoms. The zero-order chi connectivity index (χ0) is 18.9. The summed E-state index contributed by atoms with van der Waals surface area (Å²) < 4.78 is 29.4. The number of benzene rings is 1. The van der Waals surface area contributed by atoms with Gasteiger partial charge >= 0.3 is 0 Å². The Morgan fingerprint density at radius 1 is 1.27 bits per heavy atom. The maximum absolute atomic E-state index is 12.3. The highest BCUT2D eigenvalue weighted by Gasteiger charge is 2.34. The molecule has 2 aromatic rings. The van der Waals surface area contributed by atoms with E-state index in [0.29, 0.717) is 40.0 Å². The van der Waals surface area contributed by atoms with Crippen LogP contribution in [0.2, 0.25) is 10.0 Å². The summed E-state index contributed by atoms with van der Waals surface area (Å²) in [5.41, 5.74) is 0.669. The molecule has 1 aliphatic rings. The summed E-state index contributed by atoms with van der Waals surface area (Å²) in [6.45, 7) is 1.99. The Bertz CT molecular complexity index is 923. The van der Waals surface area contributed by atoms with Crippen LogP contribution in [0.15, 0.2) is 34.7 Å². The first kappa shape index (κ1) is 19.3. The summed E-state index contributed by atoms with van der Waals surface area (Å²) in [6.07, 6.45) is 0.770. The van der Waals surface area contributed by atoms with Gasteiger partial charge in [-0.2, -0.15) is 0 Å². The Morgan fingerprint density at radius 3 is 2.69 bits per heavy atom. The van der Waals surface area contributed by atoms with E-state index in [1.54, 1.807) is 42.2 Å². The molecule has 0 bridgehead atoms. The minimum Gasteiger partial charge on any atom is -0.459 e. The average Bonchev–Trinajstić information content (AvgIpc) is 3.20. The van der Waals surface area contributed by atoms with E-state index in [1.807, 2.05) is 0 Å². The summed E-state index contributed by atoms with van der Waals surface area (Å²) in [4.78, 5) is 13.9. The molecule has 1 aliphatic heterocycles. The molecule has 1 aromatic heterocycles. The third kappa shape index (κ3) is 4.24. The van der Waals surface area contributed by atoms with Crippen molar-refractivity contribution >= 4 is 38.9 Å². The van der Waals surface area contributed by atoms with Gasteiger partial charge < -0.3 is 9.32 Å². The first-order chi connectivity index (χ1) is 12.3. The standard InChI is InChI=1S/C18H19Cl2NO4S/c1-2-18(22)21(13-7-8-26(23,24)11-13)10-14-4-6-17(25-14)15-9-12(19)3-5-16(15)20/h3-6,9,13H,2,7-8,10-11H2,1H3. The highest BCUT2D eigenvalue weighted by Crippen LogP contribution is 2.32. The largest absolute Gasteiger partial charge is 0.459 e. The van der Waals surface area contributed by atoms with Gasteiger partial charge in [0, 0.05) is 23.0 Å². The number of nitrogens with zero attached hydrogens (tertiary/aromatic N) is 1. The highest BCUT2D eigenvalue weighted by atomic mass is 35.5. The quantitative estimate of drug-likeness (QED) is 0.734. The average molecular weight is 416 g/mol. The Labute approximate surface area is 162 Å². The highest BCUT2D eigenvalue weighted by molar-refractivity contribution is 7.91. The lowest BCUT2D eigenvalue weighted by molar-refractivity contribution is -0.133. The van der Waals surface area contributed by atoms with Crippen LogP contribution in [-0.4, -0.2) is 36.8 Å².